The number of fused-ring (bicyclic) bond motifs is 1. The van der Waals surface area contributed by atoms with Crippen LogP contribution < -0.4 is 0 Å². The molecule has 146 valence electrons. The van der Waals surface area contributed by atoms with Crippen molar-refractivity contribution in [2.45, 2.75) is 51.5 Å². The second kappa shape index (κ2) is 7.12. The van der Waals surface area contributed by atoms with Crippen LogP contribution >= 0.6 is 0 Å². The average molecular weight is 371 g/mol. The molecule has 0 radical (unpaired) electrons. The maximum atomic E-state index is 12.3. The first-order chi connectivity index (χ1) is 12.7. The summed E-state index contributed by atoms with van der Waals surface area (Å²) in [5.41, 5.74) is 0.381. The van der Waals surface area contributed by atoms with Gasteiger partial charge >= 0.3 is 11.9 Å². The Morgan fingerprint density at radius 1 is 1.15 bits per heavy atom. The SMILES string of the molecule is CC(C)(C)N1C[C@H]2CCC[C@H](c3ccccc3)[C@]2(C(=CC(=O)O)C(=O)O)C1. The second-order valence-corrected chi connectivity index (χ2v) is 8.88. The molecule has 0 aromatic heterocycles. The molecule has 3 rings (SSSR count). The number of hydrogen-bond acceptors (Lipinski definition) is 3. The number of carbonyl (C=O) groups is 2. The lowest BCUT2D eigenvalue weighted by molar-refractivity contribution is -0.137. The maximum absolute atomic E-state index is 12.3. The van der Waals surface area contributed by atoms with Crippen molar-refractivity contribution >= 4 is 11.9 Å². The van der Waals surface area contributed by atoms with Gasteiger partial charge in [0.25, 0.3) is 0 Å². The van der Waals surface area contributed by atoms with E-state index in [2.05, 4.69) is 37.8 Å². The number of carboxylic acids is 2. The highest BCUT2D eigenvalue weighted by Gasteiger charge is 2.58. The topological polar surface area (TPSA) is 77.8 Å². The summed E-state index contributed by atoms with van der Waals surface area (Å²) in [4.78, 5) is 26.1. The first-order valence-electron chi connectivity index (χ1n) is 9.64. The van der Waals surface area contributed by atoms with Gasteiger partial charge in [-0.25, -0.2) is 9.59 Å². The van der Waals surface area contributed by atoms with Crippen LogP contribution in [0.3, 0.4) is 0 Å². The van der Waals surface area contributed by atoms with E-state index in [0.717, 1.165) is 37.4 Å². The molecule has 1 saturated heterocycles. The normalized spacial score (nSPS) is 29.4. The molecule has 0 amide bonds. The van der Waals surface area contributed by atoms with Gasteiger partial charge in [0.05, 0.1) is 5.57 Å². The summed E-state index contributed by atoms with van der Waals surface area (Å²) in [6.07, 6.45) is 3.79. The molecule has 5 heteroatoms. The largest absolute Gasteiger partial charge is 0.478 e. The predicted molar refractivity (Wildman–Crippen MR) is 104 cm³/mol. The molecule has 27 heavy (non-hydrogen) atoms. The zero-order chi connectivity index (χ0) is 19.8. The summed E-state index contributed by atoms with van der Waals surface area (Å²) >= 11 is 0. The number of rotatable bonds is 4. The highest BCUT2D eigenvalue weighted by molar-refractivity contribution is 5.96. The van der Waals surface area contributed by atoms with E-state index in [1.165, 1.54) is 0 Å². The molecule has 0 unspecified atom stereocenters. The zero-order valence-electron chi connectivity index (χ0n) is 16.3. The van der Waals surface area contributed by atoms with Crippen molar-refractivity contribution in [2.75, 3.05) is 13.1 Å². The van der Waals surface area contributed by atoms with Crippen LogP contribution in [0.5, 0.6) is 0 Å². The molecule has 1 aliphatic heterocycles. The predicted octanol–water partition coefficient (Wildman–Crippen LogP) is 3.77. The standard InChI is InChI=1S/C22H29NO4/c1-21(2,3)23-13-16-10-7-11-17(15-8-5-4-6-9-15)22(16,14-23)18(20(26)27)12-19(24)25/h4-6,8-9,12,16-17H,7,10-11,13-14H2,1-3H3,(H,24,25)(H,26,27)/t16-,17-,22+/m1/s1. The van der Waals surface area contributed by atoms with E-state index in [1.54, 1.807) is 0 Å². The lowest BCUT2D eigenvalue weighted by Gasteiger charge is -2.46. The van der Waals surface area contributed by atoms with Gasteiger partial charge in [0, 0.05) is 30.1 Å². The fourth-order valence-corrected chi connectivity index (χ4v) is 5.18. The fraction of sp³-hybridized carbons (Fsp3) is 0.545. The Hall–Kier alpha value is -2.14. The summed E-state index contributed by atoms with van der Waals surface area (Å²) in [5, 5.41) is 19.4. The number of aliphatic carboxylic acids is 2. The first kappa shape index (κ1) is 19.6. The molecule has 1 saturated carbocycles. The summed E-state index contributed by atoms with van der Waals surface area (Å²) in [5.74, 6) is -2.16. The van der Waals surface area contributed by atoms with Crippen molar-refractivity contribution in [3.8, 4) is 0 Å². The lowest BCUT2D eigenvalue weighted by Crippen LogP contribution is -2.46. The molecule has 5 nitrogen and oxygen atoms in total. The lowest BCUT2D eigenvalue weighted by atomic mass is 9.56. The Morgan fingerprint density at radius 3 is 2.37 bits per heavy atom. The van der Waals surface area contributed by atoms with Gasteiger partial charge in [0.2, 0.25) is 0 Å². The summed E-state index contributed by atoms with van der Waals surface area (Å²) in [7, 11) is 0. The third-order valence-electron chi connectivity index (χ3n) is 6.44. The quantitative estimate of drug-likeness (QED) is 0.788. The minimum absolute atomic E-state index is 0.00602. The van der Waals surface area contributed by atoms with Crippen molar-refractivity contribution in [2.24, 2.45) is 11.3 Å². The van der Waals surface area contributed by atoms with Crippen LogP contribution in [-0.2, 0) is 9.59 Å². The van der Waals surface area contributed by atoms with Crippen LogP contribution in [0.4, 0.5) is 0 Å². The van der Waals surface area contributed by atoms with Gasteiger partial charge in [0.1, 0.15) is 0 Å². The van der Waals surface area contributed by atoms with Gasteiger partial charge in [-0.1, -0.05) is 36.8 Å². The van der Waals surface area contributed by atoms with Gasteiger partial charge in [-0.15, -0.1) is 0 Å². The Bertz CT molecular complexity index is 749. The Labute approximate surface area is 160 Å². The van der Waals surface area contributed by atoms with Gasteiger partial charge in [-0.2, -0.15) is 0 Å². The zero-order valence-corrected chi connectivity index (χ0v) is 16.3. The highest BCUT2D eigenvalue weighted by atomic mass is 16.4. The first-order valence-corrected chi connectivity index (χ1v) is 9.64. The van der Waals surface area contributed by atoms with Crippen LogP contribution in [0.1, 0.15) is 51.5 Å². The van der Waals surface area contributed by atoms with Crippen molar-refractivity contribution in [3.05, 3.63) is 47.5 Å². The molecule has 2 aliphatic rings. The second-order valence-electron chi connectivity index (χ2n) is 8.88. The van der Waals surface area contributed by atoms with Gasteiger partial charge < -0.3 is 10.2 Å². The average Bonchev–Trinajstić information content (AvgIpc) is 3.00. The van der Waals surface area contributed by atoms with Gasteiger partial charge in [0.15, 0.2) is 0 Å². The van der Waals surface area contributed by atoms with Crippen molar-refractivity contribution in [3.63, 3.8) is 0 Å². The Kier molecular flexibility index (Phi) is 5.17. The smallest absolute Gasteiger partial charge is 0.332 e. The van der Waals surface area contributed by atoms with Crippen molar-refractivity contribution < 1.29 is 19.8 Å². The molecule has 3 atom stereocenters. The molecule has 0 spiro atoms. The number of hydrogen-bond donors (Lipinski definition) is 2. The monoisotopic (exact) mass is 371 g/mol. The number of likely N-dealkylation sites (tertiary alicyclic amines) is 1. The molecule has 1 heterocycles. The molecule has 0 bridgehead atoms. The third-order valence-corrected chi connectivity index (χ3v) is 6.44. The molecule has 1 aliphatic carbocycles. The van der Waals surface area contributed by atoms with Crippen LogP contribution in [-0.4, -0.2) is 45.7 Å². The van der Waals surface area contributed by atoms with E-state index in [9.17, 15) is 19.8 Å². The van der Waals surface area contributed by atoms with Crippen molar-refractivity contribution in [1.29, 1.82) is 0 Å². The van der Waals surface area contributed by atoms with E-state index >= 15 is 0 Å². The minimum atomic E-state index is -1.19. The highest BCUT2D eigenvalue weighted by Crippen LogP contribution is 2.59. The summed E-state index contributed by atoms with van der Waals surface area (Å²) < 4.78 is 0. The number of nitrogens with zero attached hydrogens (tertiary/aromatic N) is 1. The number of carboxylic acid groups (broad SMARTS) is 2. The van der Waals surface area contributed by atoms with E-state index in [1.807, 2.05) is 18.2 Å². The molecule has 2 fully saturated rings. The minimum Gasteiger partial charge on any atom is -0.478 e. The fourth-order valence-electron chi connectivity index (χ4n) is 5.18. The molecule has 1 aromatic rings. The molecule has 1 aromatic carbocycles. The van der Waals surface area contributed by atoms with Crippen LogP contribution in [0.2, 0.25) is 0 Å². The number of benzene rings is 1. The van der Waals surface area contributed by atoms with Gasteiger partial charge in [-0.05, 0) is 51.0 Å². The molecular formula is C22H29NO4. The molecular weight excluding hydrogens is 342 g/mol. The van der Waals surface area contributed by atoms with E-state index < -0.39 is 17.4 Å². The van der Waals surface area contributed by atoms with Crippen molar-refractivity contribution in [1.82, 2.24) is 4.90 Å². The third kappa shape index (κ3) is 3.53. The van der Waals surface area contributed by atoms with E-state index in [4.69, 9.17) is 0 Å². The van der Waals surface area contributed by atoms with E-state index in [-0.39, 0.29) is 22.9 Å². The van der Waals surface area contributed by atoms with Crippen LogP contribution in [0, 0.1) is 11.3 Å². The Balaban J connectivity index is 2.20. The summed E-state index contributed by atoms with van der Waals surface area (Å²) in [6, 6.07) is 10.0. The maximum Gasteiger partial charge on any atom is 0.332 e. The van der Waals surface area contributed by atoms with E-state index in [0.29, 0.717) is 6.54 Å². The van der Waals surface area contributed by atoms with Crippen LogP contribution in [0.25, 0.3) is 0 Å². The van der Waals surface area contributed by atoms with Crippen LogP contribution in [0.15, 0.2) is 42.0 Å². The summed E-state index contributed by atoms with van der Waals surface area (Å²) in [6.45, 7) is 7.79. The Morgan fingerprint density at radius 2 is 1.81 bits per heavy atom. The molecule has 2 N–H and O–H groups in total. The van der Waals surface area contributed by atoms with Gasteiger partial charge in [-0.3, -0.25) is 4.90 Å².